The zero-order valence-corrected chi connectivity index (χ0v) is 42.7. The molecular formula is C75H45NO3. The predicted octanol–water partition coefficient (Wildman–Crippen LogP) is 18.6. The largest absolute Gasteiger partial charge is 0.457 e. The summed E-state index contributed by atoms with van der Waals surface area (Å²) in [6.45, 7) is 0. The Labute approximate surface area is 457 Å². The lowest BCUT2D eigenvalue weighted by Gasteiger charge is -2.40. The monoisotopic (exact) mass is 1010 g/mol. The van der Waals surface area contributed by atoms with Gasteiger partial charge in [0.1, 0.15) is 34.5 Å². The van der Waals surface area contributed by atoms with Crippen LogP contribution in [-0.4, -0.2) is 0 Å². The molecule has 6 aliphatic rings. The van der Waals surface area contributed by atoms with E-state index in [1.54, 1.807) is 0 Å². The number of anilines is 3. The summed E-state index contributed by atoms with van der Waals surface area (Å²) in [5.41, 5.74) is 22.6. The van der Waals surface area contributed by atoms with Gasteiger partial charge in [0.15, 0.2) is 0 Å². The van der Waals surface area contributed by atoms with Crippen LogP contribution >= 0.6 is 0 Å². The first kappa shape index (κ1) is 43.0. The van der Waals surface area contributed by atoms with Crippen molar-refractivity contribution in [2.45, 2.75) is 16.2 Å². The van der Waals surface area contributed by atoms with Crippen LogP contribution in [0.2, 0.25) is 0 Å². The van der Waals surface area contributed by atoms with Gasteiger partial charge in [-0.05, 0) is 128 Å². The molecule has 4 heteroatoms. The van der Waals surface area contributed by atoms with Crippen LogP contribution in [0.5, 0.6) is 34.5 Å². The van der Waals surface area contributed by atoms with Crippen molar-refractivity contribution in [2.75, 3.05) is 4.90 Å². The molecule has 0 fully saturated rings. The van der Waals surface area contributed by atoms with Crippen molar-refractivity contribution in [3.05, 3.63) is 340 Å². The summed E-state index contributed by atoms with van der Waals surface area (Å²) in [6, 6.07) is 100. The number of benzene rings is 12. The lowest BCUT2D eigenvalue weighted by molar-refractivity contribution is 0.436. The summed E-state index contributed by atoms with van der Waals surface area (Å²) in [5.74, 6) is 5.20. The summed E-state index contributed by atoms with van der Waals surface area (Å²) < 4.78 is 20.5. The predicted molar refractivity (Wildman–Crippen MR) is 313 cm³/mol. The smallest absolute Gasteiger partial charge is 0.132 e. The Bertz CT molecular complexity index is 4310. The maximum absolute atomic E-state index is 6.84. The minimum atomic E-state index is -0.678. The molecule has 3 spiro atoms. The third kappa shape index (κ3) is 5.24. The van der Waals surface area contributed by atoms with E-state index < -0.39 is 16.2 Å². The van der Waals surface area contributed by atoms with Crippen molar-refractivity contribution in [1.82, 2.24) is 0 Å². The fourth-order valence-corrected chi connectivity index (χ4v) is 15.5. The Balaban J connectivity index is 0.964. The molecule has 0 N–H and O–H groups in total. The van der Waals surface area contributed by atoms with Crippen molar-refractivity contribution in [1.29, 1.82) is 0 Å². The number of hydrogen-bond donors (Lipinski definition) is 0. The van der Waals surface area contributed by atoms with Gasteiger partial charge in [0.25, 0.3) is 0 Å². The average Bonchev–Trinajstić information content (AvgIpc) is 3.09. The molecule has 0 atom stereocenters. The maximum atomic E-state index is 6.84. The molecule has 368 valence electrons. The van der Waals surface area contributed by atoms with Gasteiger partial charge in [-0.3, -0.25) is 0 Å². The zero-order chi connectivity index (χ0) is 51.6. The number of fused-ring (bicyclic) bond motifs is 27. The summed E-state index contributed by atoms with van der Waals surface area (Å²) in [7, 11) is 0. The number of hydrogen-bond acceptors (Lipinski definition) is 4. The molecule has 0 bridgehead atoms. The van der Waals surface area contributed by atoms with Crippen LogP contribution in [0.4, 0.5) is 17.1 Å². The quantitative estimate of drug-likeness (QED) is 0.176. The van der Waals surface area contributed by atoms with Gasteiger partial charge >= 0.3 is 0 Å². The molecule has 79 heavy (non-hydrogen) atoms. The van der Waals surface area contributed by atoms with Crippen molar-refractivity contribution >= 4 is 17.1 Å². The first-order valence-electron chi connectivity index (χ1n) is 27.3. The molecule has 18 rings (SSSR count). The normalized spacial score (nSPS) is 15.2. The molecule has 0 unspecified atom stereocenters. The van der Waals surface area contributed by atoms with Gasteiger partial charge < -0.3 is 19.1 Å². The van der Waals surface area contributed by atoms with E-state index in [1.165, 1.54) is 66.8 Å². The average molecular weight is 1010 g/mol. The molecule has 3 heterocycles. The Morgan fingerprint density at radius 1 is 0.215 bits per heavy atom. The van der Waals surface area contributed by atoms with E-state index in [9.17, 15) is 0 Å². The third-order valence-electron chi connectivity index (χ3n) is 18.3. The molecule has 0 aromatic heterocycles. The second-order valence-corrected chi connectivity index (χ2v) is 21.7. The molecule has 0 amide bonds. The van der Waals surface area contributed by atoms with E-state index in [-0.39, 0.29) is 0 Å². The Kier molecular flexibility index (Phi) is 8.44. The van der Waals surface area contributed by atoms with Crippen LogP contribution in [0, 0.1) is 0 Å². The third-order valence-corrected chi connectivity index (χ3v) is 18.3. The minimum absolute atomic E-state index is 0.669. The highest BCUT2D eigenvalue weighted by atomic mass is 16.5. The van der Waals surface area contributed by atoms with Gasteiger partial charge in [0.2, 0.25) is 0 Å². The Morgan fingerprint density at radius 3 is 0.873 bits per heavy atom. The molecule has 3 aliphatic carbocycles. The lowest BCUT2D eigenvalue weighted by Crippen LogP contribution is -2.32. The van der Waals surface area contributed by atoms with Crippen LogP contribution in [0.15, 0.2) is 273 Å². The van der Waals surface area contributed by atoms with E-state index in [0.29, 0.717) is 0 Å². The number of para-hydroxylation sites is 6. The van der Waals surface area contributed by atoms with Crippen LogP contribution in [0.25, 0.3) is 33.4 Å². The van der Waals surface area contributed by atoms with Crippen molar-refractivity contribution in [3.8, 4) is 67.9 Å². The summed E-state index contributed by atoms with van der Waals surface area (Å²) in [6.07, 6.45) is 0. The van der Waals surface area contributed by atoms with Crippen LogP contribution in [0.1, 0.15) is 66.8 Å². The van der Waals surface area contributed by atoms with Crippen molar-refractivity contribution in [2.24, 2.45) is 0 Å². The SMILES string of the molecule is c1ccc2c(c1)Oc1ccccc1C21c2ccccc2-c2ccc(N(c3ccc4c(c3)C3(c5ccccc5Oc5ccccc53)c3ccccc3-4)c3cccc4c3-c3ccccc3C43c4ccccc4Oc4ccccc43)cc21. The summed E-state index contributed by atoms with van der Waals surface area (Å²) in [4.78, 5) is 2.56. The van der Waals surface area contributed by atoms with Crippen LogP contribution in [-0.2, 0) is 16.2 Å². The highest BCUT2D eigenvalue weighted by molar-refractivity contribution is 6.00. The Morgan fingerprint density at radius 2 is 0.494 bits per heavy atom. The molecule has 0 saturated carbocycles. The fraction of sp³-hybridized carbons (Fsp3) is 0.0400. The van der Waals surface area contributed by atoms with Gasteiger partial charge in [-0.1, -0.05) is 206 Å². The molecule has 12 aromatic carbocycles. The van der Waals surface area contributed by atoms with Crippen molar-refractivity contribution < 1.29 is 14.2 Å². The lowest BCUT2D eigenvalue weighted by atomic mass is 9.66. The highest BCUT2D eigenvalue weighted by Gasteiger charge is 2.55. The first-order valence-corrected chi connectivity index (χ1v) is 27.3. The summed E-state index contributed by atoms with van der Waals surface area (Å²) >= 11 is 0. The molecule has 0 saturated heterocycles. The van der Waals surface area contributed by atoms with E-state index in [1.807, 2.05) is 0 Å². The van der Waals surface area contributed by atoms with Crippen LogP contribution in [0.3, 0.4) is 0 Å². The van der Waals surface area contributed by atoms with Gasteiger partial charge in [0.05, 0.1) is 21.9 Å². The minimum Gasteiger partial charge on any atom is -0.457 e. The number of rotatable bonds is 3. The fourth-order valence-electron chi connectivity index (χ4n) is 15.5. The molecule has 3 aliphatic heterocycles. The Hall–Kier alpha value is -10.2. The number of ether oxygens (including phenoxy) is 3. The molecule has 0 radical (unpaired) electrons. The van der Waals surface area contributed by atoms with Gasteiger partial charge in [-0.25, -0.2) is 0 Å². The molecule has 4 nitrogen and oxygen atoms in total. The zero-order valence-electron chi connectivity index (χ0n) is 42.7. The molecule has 12 aromatic rings. The standard InChI is InChI=1S/C75H45NO3/c1-4-23-53-48(20-1)50-42-40-46(44-63(50)74(53)58-28-9-15-36-68(58)78-69-37-16-10-29-59(69)74)76(47-41-43-51-49-21-2-5-24-54(49)75(64(51)45-47)60-30-11-17-38-70(60)79-71-39-18-12-31-61(71)75)65-33-19-32-62-72(65)52-22-3-6-25-55(52)73(62)56-26-7-13-34-66(56)77-67-35-14-8-27-57(67)73/h1-45H. The second kappa shape index (κ2) is 15.5. The maximum Gasteiger partial charge on any atom is 0.132 e. The van der Waals surface area contributed by atoms with Crippen molar-refractivity contribution in [3.63, 3.8) is 0 Å². The van der Waals surface area contributed by atoms with Gasteiger partial charge in [-0.15, -0.1) is 0 Å². The molecular weight excluding hydrogens is 963 g/mol. The first-order chi connectivity index (χ1) is 39.2. The number of nitrogens with zero attached hydrogens (tertiary/aromatic N) is 1. The summed E-state index contributed by atoms with van der Waals surface area (Å²) in [5, 5.41) is 0. The van der Waals surface area contributed by atoms with E-state index in [2.05, 4.69) is 278 Å². The van der Waals surface area contributed by atoms with Crippen LogP contribution < -0.4 is 19.1 Å². The topological polar surface area (TPSA) is 30.9 Å². The van der Waals surface area contributed by atoms with E-state index >= 15 is 0 Å². The second-order valence-electron chi connectivity index (χ2n) is 21.7. The van der Waals surface area contributed by atoms with Gasteiger partial charge in [-0.2, -0.15) is 0 Å². The van der Waals surface area contributed by atoms with E-state index in [4.69, 9.17) is 14.2 Å². The van der Waals surface area contributed by atoms with E-state index in [0.717, 1.165) is 84.9 Å². The van der Waals surface area contributed by atoms with Gasteiger partial charge in [0, 0.05) is 50.3 Å². The highest BCUT2D eigenvalue weighted by Crippen LogP contribution is 2.68.